The first kappa shape index (κ1) is 11.2. The first-order valence-electron chi connectivity index (χ1n) is 5.85. The molecule has 1 aliphatic heterocycles. The van der Waals surface area contributed by atoms with Crippen LogP contribution in [-0.4, -0.2) is 22.5 Å². The van der Waals surface area contributed by atoms with Gasteiger partial charge in [-0.25, -0.2) is 9.78 Å². The van der Waals surface area contributed by atoms with E-state index in [0.717, 1.165) is 13.0 Å². The average Bonchev–Trinajstić information content (AvgIpc) is 2.91. The fraction of sp³-hybridized carbons (Fsp3) is 0.231. The van der Waals surface area contributed by atoms with Gasteiger partial charge in [0.25, 0.3) is 0 Å². The molecular formula is C13H13N3OS. The first-order valence-corrected chi connectivity index (χ1v) is 6.73. The molecule has 1 N–H and O–H groups in total. The number of carbonyl (C=O) groups excluding carboxylic acids is 1. The molecule has 0 fully saturated rings. The molecule has 3 rings (SSSR count). The quantitative estimate of drug-likeness (QED) is 0.856. The molecule has 18 heavy (non-hydrogen) atoms. The van der Waals surface area contributed by atoms with Crippen LogP contribution in [0.2, 0.25) is 0 Å². The van der Waals surface area contributed by atoms with Gasteiger partial charge in [-0.3, -0.25) is 5.32 Å². The van der Waals surface area contributed by atoms with Crippen molar-refractivity contribution >= 4 is 22.5 Å². The summed E-state index contributed by atoms with van der Waals surface area (Å²) in [6.45, 7) is 1.43. The summed E-state index contributed by atoms with van der Waals surface area (Å²) in [5.41, 5.74) is 2.58. The molecule has 0 saturated carbocycles. The fourth-order valence-electron chi connectivity index (χ4n) is 2.12. The van der Waals surface area contributed by atoms with Crippen LogP contribution in [-0.2, 0) is 13.0 Å². The van der Waals surface area contributed by atoms with Gasteiger partial charge in [0.15, 0.2) is 5.13 Å². The Bertz CT molecular complexity index is 553. The highest BCUT2D eigenvalue weighted by molar-refractivity contribution is 7.13. The van der Waals surface area contributed by atoms with Crippen LogP contribution in [0.25, 0.3) is 0 Å². The predicted octanol–water partition coefficient (Wildman–Crippen LogP) is 2.73. The van der Waals surface area contributed by atoms with E-state index in [1.54, 1.807) is 6.20 Å². The molecule has 0 radical (unpaired) electrons. The van der Waals surface area contributed by atoms with E-state index in [9.17, 15) is 4.79 Å². The van der Waals surface area contributed by atoms with Crippen molar-refractivity contribution in [3.63, 3.8) is 0 Å². The van der Waals surface area contributed by atoms with E-state index < -0.39 is 0 Å². The Morgan fingerprint density at radius 1 is 1.33 bits per heavy atom. The van der Waals surface area contributed by atoms with Gasteiger partial charge < -0.3 is 4.90 Å². The number of hydrogen-bond donors (Lipinski definition) is 1. The van der Waals surface area contributed by atoms with E-state index in [1.807, 2.05) is 22.4 Å². The van der Waals surface area contributed by atoms with Gasteiger partial charge in [-0.1, -0.05) is 24.3 Å². The number of rotatable bonds is 1. The highest BCUT2D eigenvalue weighted by Crippen LogP contribution is 2.19. The minimum Gasteiger partial charge on any atom is -0.320 e. The highest BCUT2D eigenvalue weighted by atomic mass is 32.1. The lowest BCUT2D eigenvalue weighted by atomic mass is 10.0. The van der Waals surface area contributed by atoms with Crippen molar-refractivity contribution in [1.82, 2.24) is 9.88 Å². The van der Waals surface area contributed by atoms with Crippen molar-refractivity contribution in [2.24, 2.45) is 0 Å². The zero-order chi connectivity index (χ0) is 12.4. The second-order valence-corrected chi connectivity index (χ2v) is 5.10. The minimum absolute atomic E-state index is 0.0700. The monoisotopic (exact) mass is 259 g/mol. The molecule has 0 saturated heterocycles. The number of benzene rings is 1. The Balaban J connectivity index is 1.70. The molecule has 92 valence electrons. The molecule has 1 aromatic heterocycles. The van der Waals surface area contributed by atoms with Crippen LogP contribution in [0.4, 0.5) is 9.93 Å². The van der Waals surface area contributed by atoms with E-state index in [0.29, 0.717) is 11.7 Å². The third-order valence-corrected chi connectivity index (χ3v) is 3.75. The maximum Gasteiger partial charge on any atom is 0.323 e. The van der Waals surface area contributed by atoms with E-state index in [-0.39, 0.29) is 6.03 Å². The SMILES string of the molecule is O=C(Nc1nccs1)N1CCc2ccccc2C1. The number of hydrogen-bond acceptors (Lipinski definition) is 3. The van der Waals surface area contributed by atoms with Crippen LogP contribution in [0, 0.1) is 0 Å². The van der Waals surface area contributed by atoms with Crippen molar-refractivity contribution in [1.29, 1.82) is 0 Å². The summed E-state index contributed by atoms with van der Waals surface area (Å²) in [6, 6.07) is 8.20. The molecule has 0 bridgehead atoms. The summed E-state index contributed by atoms with van der Waals surface area (Å²) in [5, 5.41) is 5.32. The van der Waals surface area contributed by atoms with Gasteiger partial charge in [0, 0.05) is 24.7 Å². The number of nitrogens with zero attached hydrogens (tertiary/aromatic N) is 2. The first-order chi connectivity index (χ1) is 8.83. The zero-order valence-electron chi connectivity index (χ0n) is 9.80. The van der Waals surface area contributed by atoms with Crippen LogP contribution in [0.3, 0.4) is 0 Å². The minimum atomic E-state index is -0.0700. The zero-order valence-corrected chi connectivity index (χ0v) is 10.6. The predicted molar refractivity (Wildman–Crippen MR) is 71.7 cm³/mol. The number of aromatic nitrogens is 1. The Kier molecular flexibility index (Phi) is 2.98. The molecule has 1 aliphatic rings. The maximum atomic E-state index is 12.1. The van der Waals surface area contributed by atoms with Crippen LogP contribution >= 0.6 is 11.3 Å². The number of amides is 2. The maximum absolute atomic E-state index is 12.1. The molecule has 2 heterocycles. The van der Waals surface area contributed by atoms with Crippen molar-refractivity contribution in [3.05, 3.63) is 47.0 Å². The van der Waals surface area contributed by atoms with Gasteiger partial charge in [-0.05, 0) is 17.5 Å². The standard InChI is InChI=1S/C13H13N3OS/c17-13(15-12-14-6-8-18-12)16-7-5-10-3-1-2-4-11(10)9-16/h1-4,6,8H,5,7,9H2,(H,14,15,17). The Morgan fingerprint density at radius 2 is 2.17 bits per heavy atom. The number of thiazole rings is 1. The molecule has 5 heteroatoms. The summed E-state index contributed by atoms with van der Waals surface area (Å²) >= 11 is 1.43. The lowest BCUT2D eigenvalue weighted by Gasteiger charge is -2.28. The summed E-state index contributed by atoms with van der Waals surface area (Å²) in [6.07, 6.45) is 2.60. The molecular weight excluding hydrogens is 246 g/mol. The van der Waals surface area contributed by atoms with Crippen molar-refractivity contribution in [3.8, 4) is 0 Å². The topological polar surface area (TPSA) is 45.2 Å². The summed E-state index contributed by atoms with van der Waals surface area (Å²) in [4.78, 5) is 17.9. The molecule has 2 amide bonds. The van der Waals surface area contributed by atoms with Gasteiger partial charge in [0.2, 0.25) is 0 Å². The third kappa shape index (κ3) is 2.22. The Labute approximate surface area is 109 Å². The number of nitrogens with one attached hydrogen (secondary N) is 1. The second-order valence-electron chi connectivity index (χ2n) is 4.21. The van der Waals surface area contributed by atoms with Gasteiger partial charge in [-0.2, -0.15) is 0 Å². The van der Waals surface area contributed by atoms with Crippen LogP contribution in [0.1, 0.15) is 11.1 Å². The van der Waals surface area contributed by atoms with E-state index in [2.05, 4.69) is 22.4 Å². The molecule has 1 aromatic carbocycles. The molecule has 0 aliphatic carbocycles. The number of fused-ring (bicyclic) bond motifs is 1. The van der Waals surface area contributed by atoms with Crippen LogP contribution in [0.5, 0.6) is 0 Å². The Morgan fingerprint density at radius 3 is 2.94 bits per heavy atom. The lowest BCUT2D eigenvalue weighted by Crippen LogP contribution is -2.38. The van der Waals surface area contributed by atoms with Crippen molar-refractivity contribution in [2.45, 2.75) is 13.0 Å². The highest BCUT2D eigenvalue weighted by Gasteiger charge is 2.20. The second kappa shape index (κ2) is 4.78. The number of anilines is 1. The smallest absolute Gasteiger partial charge is 0.320 e. The molecule has 0 unspecified atom stereocenters. The van der Waals surface area contributed by atoms with Gasteiger partial charge in [0.1, 0.15) is 0 Å². The number of carbonyl (C=O) groups is 1. The number of urea groups is 1. The fourth-order valence-corrected chi connectivity index (χ4v) is 2.64. The third-order valence-electron chi connectivity index (χ3n) is 3.06. The lowest BCUT2D eigenvalue weighted by molar-refractivity contribution is 0.206. The molecule has 0 atom stereocenters. The van der Waals surface area contributed by atoms with E-state index in [1.165, 1.54) is 22.5 Å². The normalized spacial score (nSPS) is 14.1. The average molecular weight is 259 g/mol. The van der Waals surface area contributed by atoms with Gasteiger partial charge in [0.05, 0.1) is 0 Å². The molecule has 2 aromatic rings. The van der Waals surface area contributed by atoms with Gasteiger partial charge >= 0.3 is 6.03 Å². The Hall–Kier alpha value is -1.88. The largest absolute Gasteiger partial charge is 0.323 e. The van der Waals surface area contributed by atoms with E-state index in [4.69, 9.17) is 0 Å². The van der Waals surface area contributed by atoms with E-state index >= 15 is 0 Å². The summed E-state index contributed by atoms with van der Waals surface area (Å²) in [5.74, 6) is 0. The van der Waals surface area contributed by atoms with Crippen LogP contribution < -0.4 is 5.32 Å². The van der Waals surface area contributed by atoms with Crippen LogP contribution in [0.15, 0.2) is 35.8 Å². The summed E-state index contributed by atoms with van der Waals surface area (Å²) < 4.78 is 0. The molecule has 4 nitrogen and oxygen atoms in total. The molecule has 0 spiro atoms. The van der Waals surface area contributed by atoms with Crippen molar-refractivity contribution in [2.75, 3.05) is 11.9 Å². The summed E-state index contributed by atoms with van der Waals surface area (Å²) in [7, 11) is 0. The van der Waals surface area contributed by atoms with Gasteiger partial charge in [-0.15, -0.1) is 11.3 Å². The van der Waals surface area contributed by atoms with Crippen molar-refractivity contribution < 1.29 is 4.79 Å².